The maximum atomic E-state index is 11.1. The maximum absolute atomic E-state index is 11.1. The first-order chi connectivity index (χ1) is 13.5. The van der Waals surface area contributed by atoms with Gasteiger partial charge in [-0.05, 0) is 35.9 Å². The first-order valence-electron chi connectivity index (χ1n) is 8.67. The summed E-state index contributed by atoms with van der Waals surface area (Å²) in [6.45, 7) is 0.285. The molecule has 2 aromatic carbocycles. The van der Waals surface area contributed by atoms with Crippen molar-refractivity contribution in [1.29, 1.82) is 0 Å². The van der Waals surface area contributed by atoms with Crippen molar-refractivity contribution in [2.75, 3.05) is 27.1 Å². The molecule has 7 nitrogen and oxygen atoms in total. The quantitative estimate of drug-likeness (QED) is 0.693. The van der Waals surface area contributed by atoms with Crippen molar-refractivity contribution in [3.8, 4) is 23.0 Å². The standard InChI is InChI=1S/C20H23NO6S/c1-24-14-5-7-16(25-2)13(8-14)10-27-17-6-4-12(9-18(17)26-3)19-21-15(11-28-19)20(22)23/h4-9,15,19,21H,10-11H2,1-3H3,(H,22,23). The van der Waals surface area contributed by atoms with E-state index < -0.39 is 12.0 Å². The second kappa shape index (κ2) is 9.07. The van der Waals surface area contributed by atoms with E-state index in [0.29, 0.717) is 23.0 Å². The molecule has 1 saturated heterocycles. The predicted octanol–water partition coefficient (Wildman–Crippen LogP) is 3.08. The molecule has 150 valence electrons. The third-order valence-corrected chi connectivity index (χ3v) is 5.71. The number of thioether (sulfide) groups is 1. The molecule has 28 heavy (non-hydrogen) atoms. The summed E-state index contributed by atoms with van der Waals surface area (Å²) in [7, 11) is 4.79. The second-order valence-corrected chi connectivity index (χ2v) is 7.29. The molecule has 2 unspecified atom stereocenters. The van der Waals surface area contributed by atoms with E-state index in [4.69, 9.17) is 24.1 Å². The van der Waals surface area contributed by atoms with E-state index in [-0.39, 0.29) is 12.0 Å². The van der Waals surface area contributed by atoms with Crippen LogP contribution < -0.4 is 24.3 Å². The Hall–Kier alpha value is -2.58. The Bertz CT molecular complexity index is 843. The second-order valence-electron chi connectivity index (χ2n) is 6.15. The lowest BCUT2D eigenvalue weighted by Crippen LogP contribution is -2.33. The van der Waals surface area contributed by atoms with Gasteiger partial charge in [0.25, 0.3) is 0 Å². The van der Waals surface area contributed by atoms with Crippen LogP contribution in [0.25, 0.3) is 0 Å². The molecule has 0 spiro atoms. The molecule has 0 saturated carbocycles. The normalized spacial score (nSPS) is 18.5. The van der Waals surface area contributed by atoms with Gasteiger partial charge in [-0.3, -0.25) is 10.1 Å². The van der Waals surface area contributed by atoms with Gasteiger partial charge in [0.2, 0.25) is 0 Å². The van der Waals surface area contributed by atoms with Gasteiger partial charge in [0.1, 0.15) is 24.1 Å². The lowest BCUT2D eigenvalue weighted by Gasteiger charge is -2.16. The van der Waals surface area contributed by atoms with Gasteiger partial charge in [0.15, 0.2) is 11.5 Å². The smallest absolute Gasteiger partial charge is 0.321 e. The number of aliphatic carboxylic acids is 1. The Morgan fingerprint density at radius 1 is 1.07 bits per heavy atom. The summed E-state index contributed by atoms with van der Waals surface area (Å²) in [4.78, 5) is 11.1. The van der Waals surface area contributed by atoms with Crippen LogP contribution in [-0.4, -0.2) is 44.2 Å². The average molecular weight is 405 g/mol. The highest BCUT2D eigenvalue weighted by Gasteiger charge is 2.30. The van der Waals surface area contributed by atoms with Gasteiger partial charge in [0.05, 0.1) is 26.7 Å². The summed E-state index contributed by atoms with van der Waals surface area (Å²) in [6, 6.07) is 10.6. The van der Waals surface area contributed by atoms with E-state index in [0.717, 1.165) is 16.9 Å². The topological polar surface area (TPSA) is 86.2 Å². The molecule has 2 N–H and O–H groups in total. The summed E-state index contributed by atoms with van der Waals surface area (Å²) < 4.78 is 22.1. The van der Waals surface area contributed by atoms with Crippen LogP contribution in [0.4, 0.5) is 0 Å². The molecule has 0 radical (unpaired) electrons. The molecule has 8 heteroatoms. The Kier molecular flexibility index (Phi) is 6.53. The molecular formula is C20H23NO6S. The summed E-state index contributed by atoms with van der Waals surface area (Å²) >= 11 is 1.56. The van der Waals surface area contributed by atoms with Crippen LogP contribution in [-0.2, 0) is 11.4 Å². The van der Waals surface area contributed by atoms with Crippen molar-refractivity contribution in [3.05, 3.63) is 47.5 Å². The fourth-order valence-electron chi connectivity index (χ4n) is 2.92. The van der Waals surface area contributed by atoms with Crippen LogP contribution in [0.3, 0.4) is 0 Å². The van der Waals surface area contributed by atoms with Crippen molar-refractivity contribution in [2.24, 2.45) is 0 Å². The van der Waals surface area contributed by atoms with Crippen molar-refractivity contribution < 1.29 is 28.8 Å². The minimum Gasteiger partial charge on any atom is -0.497 e. The zero-order valence-electron chi connectivity index (χ0n) is 15.9. The van der Waals surface area contributed by atoms with Crippen molar-refractivity contribution in [3.63, 3.8) is 0 Å². The molecule has 2 atom stereocenters. The van der Waals surface area contributed by atoms with Crippen molar-refractivity contribution in [1.82, 2.24) is 5.32 Å². The largest absolute Gasteiger partial charge is 0.497 e. The van der Waals surface area contributed by atoms with Gasteiger partial charge in [0, 0.05) is 11.3 Å². The first kappa shape index (κ1) is 20.2. The monoisotopic (exact) mass is 405 g/mol. The molecule has 1 heterocycles. The highest BCUT2D eigenvalue weighted by atomic mass is 32.2. The fourth-order valence-corrected chi connectivity index (χ4v) is 4.15. The molecule has 0 bridgehead atoms. The van der Waals surface area contributed by atoms with E-state index in [1.807, 2.05) is 36.4 Å². The number of methoxy groups -OCH3 is 3. The number of hydrogen-bond donors (Lipinski definition) is 2. The van der Waals surface area contributed by atoms with E-state index in [2.05, 4.69) is 5.32 Å². The SMILES string of the molecule is COc1ccc(OC)c(COc2ccc(C3NC(C(=O)O)CS3)cc2OC)c1. The predicted molar refractivity (Wildman–Crippen MR) is 107 cm³/mol. The molecular weight excluding hydrogens is 382 g/mol. The number of carboxylic acids is 1. The summed E-state index contributed by atoms with van der Waals surface area (Å²) in [5.41, 5.74) is 1.79. The van der Waals surface area contributed by atoms with Gasteiger partial charge in [-0.2, -0.15) is 0 Å². The van der Waals surface area contributed by atoms with Gasteiger partial charge in [-0.25, -0.2) is 0 Å². The number of carboxylic acid groups (broad SMARTS) is 1. The van der Waals surface area contributed by atoms with Gasteiger partial charge < -0.3 is 24.1 Å². The Morgan fingerprint density at radius 2 is 1.82 bits per heavy atom. The van der Waals surface area contributed by atoms with Crippen LogP contribution in [0.2, 0.25) is 0 Å². The summed E-state index contributed by atoms with van der Waals surface area (Å²) in [5.74, 6) is 2.29. The Labute approximate surface area is 167 Å². The van der Waals surface area contributed by atoms with E-state index in [1.165, 1.54) is 0 Å². The molecule has 0 aliphatic carbocycles. The third-order valence-electron chi connectivity index (χ3n) is 4.44. The molecule has 1 aliphatic heterocycles. The van der Waals surface area contributed by atoms with Crippen LogP contribution >= 0.6 is 11.8 Å². The molecule has 0 amide bonds. The molecule has 1 fully saturated rings. The number of hydrogen-bond acceptors (Lipinski definition) is 7. The van der Waals surface area contributed by atoms with Crippen LogP contribution in [0.15, 0.2) is 36.4 Å². The fraction of sp³-hybridized carbons (Fsp3) is 0.350. The maximum Gasteiger partial charge on any atom is 0.321 e. The zero-order valence-corrected chi connectivity index (χ0v) is 16.7. The molecule has 2 aromatic rings. The third kappa shape index (κ3) is 4.45. The molecule has 3 rings (SSSR count). The lowest BCUT2D eigenvalue weighted by atomic mass is 10.1. The minimum atomic E-state index is -0.839. The number of carbonyl (C=O) groups is 1. The highest BCUT2D eigenvalue weighted by molar-refractivity contribution is 7.99. The summed E-state index contributed by atoms with van der Waals surface area (Å²) in [5, 5.41) is 12.1. The van der Waals surface area contributed by atoms with Crippen molar-refractivity contribution >= 4 is 17.7 Å². The van der Waals surface area contributed by atoms with E-state index >= 15 is 0 Å². The lowest BCUT2D eigenvalue weighted by molar-refractivity contribution is -0.138. The number of ether oxygens (including phenoxy) is 4. The van der Waals surface area contributed by atoms with Crippen LogP contribution in [0.1, 0.15) is 16.5 Å². The molecule has 0 aromatic heterocycles. The van der Waals surface area contributed by atoms with Gasteiger partial charge in [-0.1, -0.05) is 6.07 Å². The van der Waals surface area contributed by atoms with Crippen LogP contribution in [0.5, 0.6) is 23.0 Å². The Morgan fingerprint density at radius 3 is 2.46 bits per heavy atom. The van der Waals surface area contributed by atoms with E-state index in [1.54, 1.807) is 33.1 Å². The average Bonchev–Trinajstić information content (AvgIpc) is 3.22. The molecule has 1 aliphatic rings. The Balaban J connectivity index is 1.74. The summed E-state index contributed by atoms with van der Waals surface area (Å²) in [6.07, 6.45) is 0. The van der Waals surface area contributed by atoms with E-state index in [9.17, 15) is 4.79 Å². The minimum absolute atomic E-state index is 0.0949. The highest BCUT2D eigenvalue weighted by Crippen LogP contribution is 2.38. The van der Waals surface area contributed by atoms with Crippen LogP contribution in [0, 0.1) is 0 Å². The van der Waals surface area contributed by atoms with Gasteiger partial charge >= 0.3 is 5.97 Å². The number of nitrogens with one attached hydrogen (secondary N) is 1. The van der Waals surface area contributed by atoms with Crippen molar-refractivity contribution in [2.45, 2.75) is 18.0 Å². The number of rotatable bonds is 8. The first-order valence-corrected chi connectivity index (χ1v) is 9.72. The van der Waals surface area contributed by atoms with Gasteiger partial charge in [-0.15, -0.1) is 11.8 Å². The zero-order chi connectivity index (χ0) is 20.1. The number of benzene rings is 2.